The maximum Gasteiger partial charge on any atom is 0.255 e. The Morgan fingerprint density at radius 2 is 1.82 bits per heavy atom. The molecule has 1 aromatic heterocycles. The molecule has 3 aromatic carbocycles. The van der Waals surface area contributed by atoms with Crippen LogP contribution in [0.3, 0.4) is 0 Å². The Morgan fingerprint density at radius 1 is 1.03 bits per heavy atom. The molecule has 4 aromatic rings. The molecule has 34 heavy (non-hydrogen) atoms. The minimum Gasteiger partial charge on any atom is -0.496 e. The van der Waals surface area contributed by atoms with Crippen molar-refractivity contribution in [2.24, 2.45) is 0 Å². The Morgan fingerprint density at radius 3 is 2.65 bits per heavy atom. The van der Waals surface area contributed by atoms with Crippen LogP contribution in [0.2, 0.25) is 5.02 Å². The number of hydrogen-bond acceptors (Lipinski definition) is 4. The van der Waals surface area contributed by atoms with Crippen molar-refractivity contribution in [3.05, 3.63) is 89.6 Å². The van der Waals surface area contributed by atoms with Crippen molar-refractivity contribution < 1.29 is 14.3 Å². The lowest BCUT2D eigenvalue weighted by molar-refractivity contribution is -0.113. The van der Waals surface area contributed by atoms with Crippen molar-refractivity contribution in [1.29, 1.82) is 0 Å². The van der Waals surface area contributed by atoms with Gasteiger partial charge in [0.1, 0.15) is 5.75 Å². The molecule has 2 amide bonds. The summed E-state index contributed by atoms with van der Waals surface area (Å²) in [6.07, 6.45) is 2.03. The second kappa shape index (κ2) is 11.1. The molecule has 0 saturated carbocycles. The Labute approximate surface area is 207 Å². The number of carbonyl (C=O) groups excluding carboxylic acids is 2. The number of aromatic nitrogens is 1. The molecular weight excluding hydrogens is 470 g/mol. The molecule has 0 aliphatic rings. The number of anilines is 1. The fourth-order valence-electron chi connectivity index (χ4n) is 3.64. The second-order valence-electron chi connectivity index (χ2n) is 7.51. The Bertz CT molecular complexity index is 1320. The topological polar surface area (TPSA) is 72.4 Å². The molecule has 0 bridgehead atoms. The first-order valence-corrected chi connectivity index (χ1v) is 12.1. The summed E-state index contributed by atoms with van der Waals surface area (Å²) in [6, 6.07) is 22.3. The highest BCUT2D eigenvalue weighted by atomic mass is 35.5. The van der Waals surface area contributed by atoms with E-state index >= 15 is 0 Å². The summed E-state index contributed by atoms with van der Waals surface area (Å²) in [5, 5.41) is 7.47. The summed E-state index contributed by atoms with van der Waals surface area (Å²) in [7, 11) is 1.55. The van der Waals surface area contributed by atoms with Crippen molar-refractivity contribution >= 4 is 51.8 Å². The summed E-state index contributed by atoms with van der Waals surface area (Å²) < 4.78 is 7.37. The van der Waals surface area contributed by atoms with Crippen molar-refractivity contribution in [3.63, 3.8) is 0 Å². The van der Waals surface area contributed by atoms with Gasteiger partial charge in [-0.05, 0) is 36.4 Å². The molecule has 1 heterocycles. The van der Waals surface area contributed by atoms with Gasteiger partial charge >= 0.3 is 0 Å². The van der Waals surface area contributed by atoms with E-state index in [0.717, 1.165) is 15.8 Å². The molecule has 0 spiro atoms. The minimum absolute atomic E-state index is 0.104. The number of rotatable bonds is 9. The van der Waals surface area contributed by atoms with Crippen LogP contribution < -0.4 is 15.4 Å². The predicted molar refractivity (Wildman–Crippen MR) is 138 cm³/mol. The fourth-order valence-corrected chi connectivity index (χ4v) is 4.72. The molecule has 4 rings (SSSR count). The molecule has 0 atom stereocenters. The minimum atomic E-state index is -0.179. The third-order valence-electron chi connectivity index (χ3n) is 5.21. The third-order valence-corrected chi connectivity index (χ3v) is 6.49. The van der Waals surface area contributed by atoms with Crippen LogP contribution in [0.1, 0.15) is 10.4 Å². The number of para-hydroxylation sites is 2. The van der Waals surface area contributed by atoms with Crippen molar-refractivity contribution in [2.75, 3.05) is 24.7 Å². The number of halogens is 1. The second-order valence-corrected chi connectivity index (χ2v) is 8.96. The number of methoxy groups -OCH3 is 1. The van der Waals surface area contributed by atoms with Crippen LogP contribution in [-0.4, -0.2) is 35.8 Å². The highest BCUT2D eigenvalue weighted by Crippen LogP contribution is 2.30. The van der Waals surface area contributed by atoms with Crippen LogP contribution in [0, 0.1) is 0 Å². The van der Waals surface area contributed by atoms with Gasteiger partial charge in [-0.1, -0.05) is 48.0 Å². The molecule has 6 nitrogen and oxygen atoms in total. The van der Waals surface area contributed by atoms with Crippen LogP contribution in [0.25, 0.3) is 10.9 Å². The van der Waals surface area contributed by atoms with E-state index in [-0.39, 0.29) is 17.6 Å². The van der Waals surface area contributed by atoms with E-state index in [1.54, 1.807) is 43.5 Å². The van der Waals surface area contributed by atoms with Gasteiger partial charge in [0, 0.05) is 45.8 Å². The van der Waals surface area contributed by atoms with Gasteiger partial charge in [-0.15, -0.1) is 11.8 Å². The highest BCUT2D eigenvalue weighted by molar-refractivity contribution is 8.00. The SMILES string of the molecule is COc1ccccc1C(=O)NCCn1cc(SCC(=O)Nc2cccc(Cl)c2)c2ccccc21. The number of amides is 2. The van der Waals surface area contributed by atoms with E-state index in [9.17, 15) is 9.59 Å². The molecule has 2 N–H and O–H groups in total. The number of thioether (sulfide) groups is 1. The molecule has 0 saturated heterocycles. The number of nitrogens with zero attached hydrogens (tertiary/aromatic N) is 1. The maximum absolute atomic E-state index is 12.6. The molecule has 0 fully saturated rings. The monoisotopic (exact) mass is 493 g/mol. The maximum atomic E-state index is 12.6. The number of hydrogen-bond donors (Lipinski definition) is 2. The van der Waals surface area contributed by atoms with Gasteiger partial charge in [-0.3, -0.25) is 9.59 Å². The average Bonchev–Trinajstić information content (AvgIpc) is 3.20. The van der Waals surface area contributed by atoms with E-state index < -0.39 is 0 Å². The van der Waals surface area contributed by atoms with Crippen molar-refractivity contribution in [3.8, 4) is 5.75 Å². The number of ether oxygens (including phenoxy) is 1. The zero-order chi connectivity index (χ0) is 23.9. The van der Waals surface area contributed by atoms with Crippen LogP contribution in [0.15, 0.2) is 83.9 Å². The summed E-state index contributed by atoms with van der Waals surface area (Å²) in [5.74, 6) is 0.529. The lowest BCUT2D eigenvalue weighted by Crippen LogP contribution is -2.27. The zero-order valence-electron chi connectivity index (χ0n) is 18.6. The third kappa shape index (κ3) is 5.73. The molecule has 0 aliphatic carbocycles. The van der Waals surface area contributed by atoms with E-state index in [2.05, 4.69) is 15.2 Å². The molecule has 0 radical (unpaired) electrons. The van der Waals surface area contributed by atoms with Crippen LogP contribution in [0.4, 0.5) is 5.69 Å². The van der Waals surface area contributed by atoms with E-state index in [0.29, 0.717) is 35.1 Å². The Kier molecular flexibility index (Phi) is 7.77. The largest absolute Gasteiger partial charge is 0.496 e. The summed E-state index contributed by atoms with van der Waals surface area (Å²) >= 11 is 7.46. The lowest BCUT2D eigenvalue weighted by atomic mass is 10.2. The van der Waals surface area contributed by atoms with Crippen LogP contribution in [0.5, 0.6) is 5.75 Å². The molecule has 0 unspecified atom stereocenters. The first kappa shape index (κ1) is 23.7. The number of carbonyl (C=O) groups is 2. The molecular formula is C26H24ClN3O3S. The Balaban J connectivity index is 1.39. The molecule has 174 valence electrons. The highest BCUT2D eigenvalue weighted by Gasteiger charge is 2.13. The van der Waals surface area contributed by atoms with Crippen LogP contribution in [-0.2, 0) is 11.3 Å². The standard InChI is InChI=1S/C26H24ClN3O3S/c1-33-23-12-5-3-10-21(23)26(32)28-13-14-30-16-24(20-9-2-4-11-22(20)30)34-17-25(31)29-19-8-6-7-18(27)15-19/h2-12,15-16H,13-14,17H2,1H3,(H,28,32)(H,29,31). The van der Waals surface area contributed by atoms with E-state index in [1.807, 2.05) is 42.6 Å². The smallest absolute Gasteiger partial charge is 0.255 e. The quantitative estimate of drug-likeness (QED) is 0.303. The zero-order valence-corrected chi connectivity index (χ0v) is 20.2. The van der Waals surface area contributed by atoms with E-state index in [1.165, 1.54) is 11.8 Å². The lowest BCUT2D eigenvalue weighted by Gasteiger charge is -2.10. The van der Waals surface area contributed by atoms with Gasteiger partial charge in [0.15, 0.2) is 0 Å². The van der Waals surface area contributed by atoms with Gasteiger partial charge in [-0.25, -0.2) is 0 Å². The van der Waals surface area contributed by atoms with Gasteiger partial charge in [-0.2, -0.15) is 0 Å². The predicted octanol–water partition coefficient (Wildman–Crippen LogP) is 5.46. The fraction of sp³-hybridized carbons (Fsp3) is 0.154. The van der Waals surface area contributed by atoms with Crippen molar-refractivity contribution in [1.82, 2.24) is 9.88 Å². The average molecular weight is 494 g/mol. The van der Waals surface area contributed by atoms with Crippen LogP contribution >= 0.6 is 23.4 Å². The number of fused-ring (bicyclic) bond motifs is 1. The van der Waals surface area contributed by atoms with Gasteiger partial charge < -0.3 is 19.9 Å². The first-order valence-electron chi connectivity index (χ1n) is 10.7. The van der Waals surface area contributed by atoms with Gasteiger partial charge in [0.05, 0.1) is 18.4 Å². The number of benzene rings is 3. The van der Waals surface area contributed by atoms with Crippen molar-refractivity contribution in [2.45, 2.75) is 11.4 Å². The number of nitrogens with one attached hydrogen (secondary N) is 2. The summed E-state index contributed by atoms with van der Waals surface area (Å²) in [4.78, 5) is 26.0. The molecule has 8 heteroatoms. The normalized spacial score (nSPS) is 10.8. The van der Waals surface area contributed by atoms with Gasteiger partial charge in [0.2, 0.25) is 5.91 Å². The first-order chi connectivity index (χ1) is 16.5. The Hall–Kier alpha value is -3.42. The van der Waals surface area contributed by atoms with Gasteiger partial charge in [0.25, 0.3) is 5.91 Å². The summed E-state index contributed by atoms with van der Waals surface area (Å²) in [6.45, 7) is 1.05. The van der Waals surface area contributed by atoms with E-state index in [4.69, 9.17) is 16.3 Å². The molecule has 0 aliphatic heterocycles. The summed E-state index contributed by atoms with van der Waals surface area (Å²) in [5.41, 5.74) is 2.22.